The fourth-order valence-electron chi connectivity index (χ4n) is 6.33. The van der Waals surface area contributed by atoms with E-state index in [1.165, 1.54) is 15.9 Å². The van der Waals surface area contributed by atoms with E-state index < -0.39 is 7.92 Å². The molecular formula is C38H46N3O2PS. The van der Waals surface area contributed by atoms with Crippen molar-refractivity contribution in [3.63, 3.8) is 0 Å². The maximum absolute atomic E-state index is 11.0. The highest BCUT2D eigenvalue weighted by Gasteiger charge is 2.31. The Kier molecular flexibility index (Phi) is 11.8. The van der Waals surface area contributed by atoms with Gasteiger partial charge < -0.3 is 20.5 Å². The minimum atomic E-state index is -0.666. The number of allylic oxidation sites excluding steroid dienone is 2. The molecule has 2 aliphatic carbocycles. The largest absolute Gasteiger partial charge is 0.507 e. The maximum Gasteiger partial charge on any atom is 0.166 e. The lowest BCUT2D eigenvalue weighted by Crippen LogP contribution is -2.51. The summed E-state index contributed by atoms with van der Waals surface area (Å²) in [6.45, 7) is 4.38. The summed E-state index contributed by atoms with van der Waals surface area (Å²) < 4.78 is 5.53. The molecule has 0 spiro atoms. The maximum atomic E-state index is 11.0. The monoisotopic (exact) mass is 639 g/mol. The number of ether oxygens (including phenoxy) is 1. The molecule has 3 aromatic carbocycles. The van der Waals surface area contributed by atoms with Crippen molar-refractivity contribution < 1.29 is 9.84 Å². The van der Waals surface area contributed by atoms with Crippen LogP contribution in [0.3, 0.4) is 0 Å². The number of aryl methyl sites for hydroxylation is 1. The quantitative estimate of drug-likeness (QED) is 0.109. The molecule has 0 aliphatic heterocycles. The summed E-state index contributed by atoms with van der Waals surface area (Å²) in [5, 5.41) is 23.1. The summed E-state index contributed by atoms with van der Waals surface area (Å²) in [5.74, 6) is 1.28. The van der Waals surface area contributed by atoms with Gasteiger partial charge in [-0.05, 0) is 86.4 Å². The normalized spacial score (nSPS) is 20.3. The van der Waals surface area contributed by atoms with Crippen molar-refractivity contribution in [2.75, 3.05) is 7.11 Å². The van der Waals surface area contributed by atoms with Gasteiger partial charge in [0, 0.05) is 23.7 Å². The first-order valence-electron chi connectivity index (χ1n) is 16.3. The second-order valence-electron chi connectivity index (χ2n) is 12.0. The smallest absolute Gasteiger partial charge is 0.166 e. The first-order chi connectivity index (χ1) is 22.0. The van der Waals surface area contributed by atoms with Crippen LogP contribution >= 0.6 is 20.1 Å². The summed E-state index contributed by atoms with van der Waals surface area (Å²) in [7, 11) is 0.998. The molecule has 0 amide bonds. The topological polar surface area (TPSA) is 65.9 Å². The zero-order chi connectivity index (χ0) is 31.6. The molecule has 5 nitrogen and oxygen atoms in total. The summed E-state index contributed by atoms with van der Waals surface area (Å²) in [6.07, 6.45) is 15.8. The Morgan fingerprint density at radius 3 is 2.42 bits per heavy atom. The van der Waals surface area contributed by atoms with Crippen LogP contribution in [0.1, 0.15) is 63.5 Å². The Morgan fingerprint density at radius 2 is 1.76 bits per heavy atom. The van der Waals surface area contributed by atoms with E-state index in [9.17, 15) is 5.11 Å². The van der Waals surface area contributed by atoms with Crippen LogP contribution in [0.15, 0.2) is 101 Å². The highest BCUT2D eigenvalue weighted by Crippen LogP contribution is 2.49. The third-order valence-electron chi connectivity index (χ3n) is 8.79. The average molecular weight is 640 g/mol. The van der Waals surface area contributed by atoms with Gasteiger partial charge in [0.05, 0.1) is 19.2 Å². The Bertz CT molecular complexity index is 1470. The number of phenols is 1. The standard InChI is InChI=1S/C38H46N3O2PS/c1-4-5-15-28-24-30(43-3)25-29(37(28)42)26-39-34-21-12-13-22-35(34)41-38(45)40-27(2)33-20-14-23-36(33)44(31-16-8-6-9-17-31)32-18-10-7-11-19-32/h6-11,14,16-20,23-27,33-35,42H,4-5,12-13,15,21-22H2,1-3H3,(H2,40,41,45)/b39-26+/t27-,33+,34+,35+/m1/s1. The van der Waals surface area contributed by atoms with Crippen LogP contribution in [0.25, 0.3) is 0 Å². The van der Waals surface area contributed by atoms with Crippen LogP contribution < -0.4 is 26.0 Å². The van der Waals surface area contributed by atoms with Gasteiger partial charge in [0.15, 0.2) is 5.11 Å². The second-order valence-corrected chi connectivity index (χ2v) is 14.6. The van der Waals surface area contributed by atoms with E-state index in [0.29, 0.717) is 16.4 Å². The van der Waals surface area contributed by atoms with Crippen LogP contribution in [0.2, 0.25) is 0 Å². The van der Waals surface area contributed by atoms with Gasteiger partial charge in [-0.15, -0.1) is 0 Å². The first-order valence-corrected chi connectivity index (χ1v) is 18.0. The van der Waals surface area contributed by atoms with E-state index in [-0.39, 0.29) is 24.0 Å². The molecule has 0 aromatic heterocycles. The molecule has 1 fully saturated rings. The van der Waals surface area contributed by atoms with Gasteiger partial charge in [-0.2, -0.15) is 0 Å². The van der Waals surface area contributed by atoms with Crippen molar-refractivity contribution in [2.24, 2.45) is 10.9 Å². The number of nitrogens with one attached hydrogen (secondary N) is 2. The molecular weight excluding hydrogens is 593 g/mol. The third-order valence-corrected chi connectivity index (χ3v) is 11.6. The van der Waals surface area contributed by atoms with Gasteiger partial charge >= 0.3 is 0 Å². The summed E-state index contributed by atoms with van der Waals surface area (Å²) in [4.78, 5) is 5.00. The molecule has 4 atom stereocenters. The lowest BCUT2D eigenvalue weighted by atomic mass is 9.90. The van der Waals surface area contributed by atoms with Gasteiger partial charge in [0.1, 0.15) is 11.5 Å². The average Bonchev–Trinajstić information content (AvgIpc) is 3.55. The molecule has 0 heterocycles. The molecule has 5 rings (SSSR count). The molecule has 1 saturated carbocycles. The number of rotatable bonds is 12. The molecule has 0 saturated heterocycles. The predicted molar refractivity (Wildman–Crippen MR) is 195 cm³/mol. The highest BCUT2D eigenvalue weighted by atomic mass is 32.1. The molecule has 236 valence electrons. The van der Waals surface area contributed by atoms with Crippen LogP contribution in [-0.2, 0) is 6.42 Å². The molecule has 0 radical (unpaired) electrons. The number of thiocarbonyl (C=S) groups is 1. The number of benzene rings is 3. The van der Waals surface area contributed by atoms with Crippen LogP contribution in [0, 0.1) is 5.92 Å². The van der Waals surface area contributed by atoms with Crippen LogP contribution in [0.5, 0.6) is 11.5 Å². The molecule has 0 bridgehead atoms. The summed E-state index contributed by atoms with van der Waals surface area (Å²) in [6, 6.07) is 25.8. The lowest BCUT2D eigenvalue weighted by molar-refractivity contribution is 0.360. The number of aliphatic imine (C=N–C) groups is 1. The van der Waals surface area contributed by atoms with E-state index in [2.05, 4.69) is 103 Å². The Balaban J connectivity index is 1.26. The summed E-state index contributed by atoms with van der Waals surface area (Å²) in [5.41, 5.74) is 1.62. The first kappa shape index (κ1) is 32.9. The Labute approximate surface area is 275 Å². The van der Waals surface area contributed by atoms with Crippen LogP contribution in [-0.4, -0.2) is 41.7 Å². The fraction of sp³-hybridized carbons (Fsp3) is 0.368. The number of unbranched alkanes of at least 4 members (excludes halogenated alkanes) is 1. The van der Waals surface area contributed by atoms with Crippen molar-refractivity contribution in [1.29, 1.82) is 0 Å². The number of nitrogens with zero attached hydrogens (tertiary/aromatic N) is 1. The molecule has 3 N–H and O–H groups in total. The second kappa shape index (κ2) is 16.2. The number of phenolic OH excluding ortho intramolecular Hbond substituents is 1. The van der Waals surface area contributed by atoms with E-state index >= 15 is 0 Å². The Morgan fingerprint density at radius 1 is 1.07 bits per heavy atom. The molecule has 45 heavy (non-hydrogen) atoms. The van der Waals surface area contributed by atoms with E-state index in [4.69, 9.17) is 21.9 Å². The molecule has 2 aliphatic rings. The van der Waals surface area contributed by atoms with E-state index in [1.54, 1.807) is 7.11 Å². The number of hydrogen-bond acceptors (Lipinski definition) is 4. The number of aromatic hydroxyl groups is 1. The van der Waals surface area contributed by atoms with Crippen molar-refractivity contribution in [1.82, 2.24) is 10.6 Å². The number of hydrogen-bond donors (Lipinski definition) is 3. The van der Waals surface area contributed by atoms with Crippen molar-refractivity contribution >= 4 is 42.1 Å². The van der Waals surface area contributed by atoms with Gasteiger partial charge in [0.25, 0.3) is 0 Å². The zero-order valence-electron chi connectivity index (χ0n) is 26.7. The molecule has 3 aromatic rings. The van der Waals surface area contributed by atoms with Crippen LogP contribution in [0.4, 0.5) is 0 Å². The molecule has 0 unspecified atom stereocenters. The molecule has 7 heteroatoms. The van der Waals surface area contributed by atoms with Gasteiger partial charge in [-0.3, -0.25) is 4.99 Å². The minimum absolute atomic E-state index is 0.0735. The van der Waals surface area contributed by atoms with Crippen molar-refractivity contribution in [3.8, 4) is 11.5 Å². The number of methoxy groups -OCH3 is 1. The third kappa shape index (κ3) is 8.42. The van der Waals surface area contributed by atoms with Crippen molar-refractivity contribution in [2.45, 2.75) is 76.9 Å². The fourth-order valence-corrected chi connectivity index (χ4v) is 9.35. The van der Waals surface area contributed by atoms with Gasteiger partial charge in [0.2, 0.25) is 0 Å². The minimum Gasteiger partial charge on any atom is -0.507 e. The van der Waals surface area contributed by atoms with E-state index in [0.717, 1.165) is 56.3 Å². The van der Waals surface area contributed by atoms with Gasteiger partial charge in [-0.1, -0.05) is 105 Å². The lowest BCUT2D eigenvalue weighted by Gasteiger charge is -2.33. The summed E-state index contributed by atoms with van der Waals surface area (Å²) >= 11 is 5.91. The van der Waals surface area contributed by atoms with Crippen molar-refractivity contribution in [3.05, 3.63) is 107 Å². The Hall–Kier alpha value is -3.47. The predicted octanol–water partition coefficient (Wildman–Crippen LogP) is 7.53. The highest BCUT2D eigenvalue weighted by molar-refractivity contribution is 7.80. The van der Waals surface area contributed by atoms with E-state index in [1.807, 2.05) is 18.3 Å². The zero-order valence-corrected chi connectivity index (χ0v) is 28.4. The SMILES string of the molecule is CCCCc1cc(OC)cc(/C=N/[C@H]2CCCC[C@@H]2NC(=S)N[C@H](C)[C@@H]2C=CC=C2P(c2ccccc2)c2ccccc2)c1O. The van der Waals surface area contributed by atoms with Gasteiger partial charge in [-0.25, -0.2) is 0 Å².